The lowest BCUT2D eigenvalue weighted by Crippen LogP contribution is -2.21. The molecule has 2 aromatic rings. The molecule has 0 aliphatic heterocycles. The fourth-order valence-corrected chi connectivity index (χ4v) is 3.24. The smallest absolute Gasteiger partial charge is 0.239 e. The van der Waals surface area contributed by atoms with Crippen molar-refractivity contribution in [3.63, 3.8) is 0 Å². The molecule has 6 nitrogen and oxygen atoms in total. The normalized spacial score (nSPS) is 12.9. The minimum Gasteiger partial charge on any atom is -0.376 e. The Balaban J connectivity index is 0.000000311. The van der Waals surface area contributed by atoms with Crippen LogP contribution in [0.1, 0.15) is 53.2 Å². The molecule has 2 atom stereocenters. The summed E-state index contributed by atoms with van der Waals surface area (Å²) in [7, 11) is 0. The molecule has 2 unspecified atom stereocenters. The van der Waals surface area contributed by atoms with Crippen molar-refractivity contribution in [1.29, 1.82) is 0 Å². The second kappa shape index (κ2) is 12.6. The SMILES string of the molecule is CCC(C)OC(C)CC(C)C.Cc1cccc(-c2csc(NC(=O)CN)n2)n1. The second-order valence-corrected chi connectivity index (χ2v) is 8.11. The lowest BCUT2D eigenvalue weighted by molar-refractivity contribution is -0.114. The van der Waals surface area contributed by atoms with Crippen LogP contribution in [0.15, 0.2) is 23.6 Å². The van der Waals surface area contributed by atoms with Crippen LogP contribution in [0.3, 0.4) is 0 Å². The standard InChI is InChI=1S/C11H12N4OS.C10H22O/c1-7-3-2-4-8(13-7)9-6-17-11(14-9)15-10(16)5-12;1-6-9(4)11-10(5)7-8(2)3/h2-4,6H,5,12H2,1H3,(H,14,15,16);8-10H,6-7H2,1-5H3. The third kappa shape index (κ3) is 9.39. The fourth-order valence-electron chi connectivity index (χ4n) is 2.52. The van der Waals surface area contributed by atoms with Gasteiger partial charge < -0.3 is 15.8 Å². The van der Waals surface area contributed by atoms with Crippen LogP contribution in [0, 0.1) is 12.8 Å². The number of amides is 1. The Kier molecular flexibility index (Phi) is 10.9. The average Bonchev–Trinajstić information content (AvgIpc) is 3.09. The molecule has 0 radical (unpaired) electrons. The first-order valence-corrected chi connectivity index (χ1v) is 10.7. The van der Waals surface area contributed by atoms with E-state index in [9.17, 15) is 4.79 Å². The highest BCUT2D eigenvalue weighted by Crippen LogP contribution is 2.23. The molecular formula is C21H34N4O2S. The summed E-state index contributed by atoms with van der Waals surface area (Å²) >= 11 is 1.36. The molecule has 0 aliphatic rings. The molecule has 2 heterocycles. The zero-order chi connectivity index (χ0) is 21.1. The number of nitrogens with zero attached hydrogens (tertiary/aromatic N) is 2. The maximum Gasteiger partial charge on any atom is 0.239 e. The van der Waals surface area contributed by atoms with Gasteiger partial charge in [-0.2, -0.15) is 0 Å². The number of hydrogen-bond donors (Lipinski definition) is 2. The molecule has 0 saturated carbocycles. The van der Waals surface area contributed by atoms with Crippen LogP contribution in [0.4, 0.5) is 5.13 Å². The van der Waals surface area contributed by atoms with Gasteiger partial charge >= 0.3 is 0 Å². The number of aromatic nitrogens is 2. The number of anilines is 1. The molecule has 0 fully saturated rings. The molecule has 2 aromatic heterocycles. The Morgan fingerprint density at radius 1 is 1.18 bits per heavy atom. The van der Waals surface area contributed by atoms with Gasteiger partial charge in [0.05, 0.1) is 24.4 Å². The molecule has 0 bridgehead atoms. The van der Waals surface area contributed by atoms with Crippen LogP contribution in [0.5, 0.6) is 0 Å². The number of carbonyl (C=O) groups is 1. The predicted molar refractivity (Wildman–Crippen MR) is 118 cm³/mol. The lowest BCUT2D eigenvalue weighted by atomic mass is 10.1. The largest absolute Gasteiger partial charge is 0.376 e. The van der Waals surface area contributed by atoms with Gasteiger partial charge in [-0.1, -0.05) is 26.8 Å². The zero-order valence-corrected chi connectivity index (χ0v) is 18.7. The van der Waals surface area contributed by atoms with E-state index in [1.807, 2.05) is 30.5 Å². The van der Waals surface area contributed by atoms with E-state index >= 15 is 0 Å². The van der Waals surface area contributed by atoms with Gasteiger partial charge in [0.1, 0.15) is 5.69 Å². The van der Waals surface area contributed by atoms with Crippen LogP contribution < -0.4 is 11.1 Å². The van der Waals surface area contributed by atoms with Crippen LogP contribution in [0.2, 0.25) is 0 Å². The molecule has 156 valence electrons. The van der Waals surface area contributed by atoms with Crippen LogP contribution in [0.25, 0.3) is 11.4 Å². The van der Waals surface area contributed by atoms with E-state index in [0.29, 0.717) is 17.3 Å². The Morgan fingerprint density at radius 2 is 1.89 bits per heavy atom. The van der Waals surface area contributed by atoms with Crippen molar-refractivity contribution in [1.82, 2.24) is 9.97 Å². The highest BCUT2D eigenvalue weighted by atomic mass is 32.1. The summed E-state index contributed by atoms with van der Waals surface area (Å²) < 4.78 is 5.71. The Bertz CT molecular complexity index is 718. The molecule has 0 aliphatic carbocycles. The number of carbonyl (C=O) groups excluding carboxylic acids is 1. The van der Waals surface area contributed by atoms with E-state index in [1.165, 1.54) is 17.8 Å². The number of ether oxygens (including phenoxy) is 1. The molecule has 0 aromatic carbocycles. The van der Waals surface area contributed by atoms with Crippen LogP contribution in [-0.2, 0) is 9.53 Å². The van der Waals surface area contributed by atoms with Crippen LogP contribution in [-0.4, -0.2) is 34.6 Å². The first kappa shape index (κ1) is 24.2. The maximum absolute atomic E-state index is 11.1. The number of aryl methyl sites for hydroxylation is 1. The first-order valence-electron chi connectivity index (χ1n) is 9.80. The van der Waals surface area contributed by atoms with Crippen molar-refractivity contribution in [3.05, 3.63) is 29.3 Å². The summed E-state index contributed by atoms with van der Waals surface area (Å²) in [6.45, 7) is 12.8. The Hall–Kier alpha value is -1.83. The second-order valence-electron chi connectivity index (χ2n) is 7.25. The average molecular weight is 407 g/mol. The summed E-state index contributed by atoms with van der Waals surface area (Å²) in [5.41, 5.74) is 7.70. The van der Waals surface area contributed by atoms with Crippen molar-refractivity contribution < 1.29 is 9.53 Å². The Labute approximate surface area is 172 Å². The van der Waals surface area contributed by atoms with Crippen molar-refractivity contribution >= 4 is 22.4 Å². The van der Waals surface area contributed by atoms with Gasteiger partial charge in [-0.15, -0.1) is 11.3 Å². The van der Waals surface area contributed by atoms with E-state index in [2.05, 4.69) is 49.9 Å². The molecule has 28 heavy (non-hydrogen) atoms. The predicted octanol–water partition coefficient (Wildman–Crippen LogP) is 4.65. The van der Waals surface area contributed by atoms with E-state index in [0.717, 1.165) is 29.4 Å². The number of thiazole rings is 1. The van der Waals surface area contributed by atoms with Gasteiger partial charge in [-0.3, -0.25) is 9.78 Å². The van der Waals surface area contributed by atoms with Crippen molar-refractivity contribution in [2.75, 3.05) is 11.9 Å². The van der Waals surface area contributed by atoms with Gasteiger partial charge in [0, 0.05) is 11.1 Å². The highest BCUT2D eigenvalue weighted by molar-refractivity contribution is 7.14. The summed E-state index contributed by atoms with van der Waals surface area (Å²) in [5, 5.41) is 5.01. The molecule has 1 amide bonds. The summed E-state index contributed by atoms with van der Waals surface area (Å²) in [5.74, 6) is 0.497. The maximum atomic E-state index is 11.1. The van der Waals surface area contributed by atoms with Gasteiger partial charge in [-0.25, -0.2) is 4.98 Å². The van der Waals surface area contributed by atoms with E-state index < -0.39 is 0 Å². The van der Waals surface area contributed by atoms with Gasteiger partial charge in [-0.05, 0) is 51.7 Å². The highest BCUT2D eigenvalue weighted by Gasteiger charge is 2.08. The molecular weight excluding hydrogens is 372 g/mol. The van der Waals surface area contributed by atoms with Gasteiger partial charge in [0.15, 0.2) is 5.13 Å². The van der Waals surface area contributed by atoms with E-state index in [-0.39, 0.29) is 12.5 Å². The van der Waals surface area contributed by atoms with Crippen molar-refractivity contribution in [3.8, 4) is 11.4 Å². The summed E-state index contributed by atoms with van der Waals surface area (Å²) in [6, 6.07) is 5.73. The number of nitrogens with two attached hydrogens (primary N) is 1. The molecule has 0 spiro atoms. The van der Waals surface area contributed by atoms with Gasteiger partial charge in [0.25, 0.3) is 0 Å². The van der Waals surface area contributed by atoms with E-state index in [4.69, 9.17) is 10.5 Å². The van der Waals surface area contributed by atoms with Gasteiger partial charge in [0.2, 0.25) is 5.91 Å². The monoisotopic (exact) mass is 406 g/mol. The molecule has 0 saturated heterocycles. The first-order chi connectivity index (χ1) is 13.2. The van der Waals surface area contributed by atoms with E-state index in [1.54, 1.807) is 0 Å². The van der Waals surface area contributed by atoms with Crippen molar-refractivity contribution in [2.24, 2.45) is 11.7 Å². The topological polar surface area (TPSA) is 90.1 Å². The van der Waals surface area contributed by atoms with Crippen LogP contribution >= 0.6 is 11.3 Å². The zero-order valence-electron chi connectivity index (χ0n) is 17.9. The molecule has 3 N–H and O–H groups in total. The molecule has 2 rings (SSSR count). The molecule has 7 heteroatoms. The van der Waals surface area contributed by atoms with Crippen molar-refractivity contribution in [2.45, 2.75) is 66.6 Å². The number of pyridine rings is 1. The lowest BCUT2D eigenvalue weighted by Gasteiger charge is -2.19. The minimum absolute atomic E-state index is 0.0440. The third-order valence-corrected chi connectivity index (χ3v) is 4.69. The minimum atomic E-state index is -0.247. The number of nitrogens with one attached hydrogen (secondary N) is 1. The fraction of sp³-hybridized carbons (Fsp3) is 0.571. The third-order valence-electron chi connectivity index (χ3n) is 3.93. The quantitative estimate of drug-likeness (QED) is 0.666. The number of rotatable bonds is 8. The summed E-state index contributed by atoms with van der Waals surface area (Å²) in [4.78, 5) is 19.7. The number of hydrogen-bond acceptors (Lipinski definition) is 6. The Morgan fingerprint density at radius 3 is 2.46 bits per heavy atom. The summed E-state index contributed by atoms with van der Waals surface area (Å²) in [6.07, 6.45) is 3.13.